The van der Waals surface area contributed by atoms with Crippen LogP contribution in [0.5, 0.6) is 0 Å². The Morgan fingerprint density at radius 1 is 1.32 bits per heavy atom. The fourth-order valence-electron chi connectivity index (χ4n) is 3.45. The molecule has 140 valence electrons. The van der Waals surface area contributed by atoms with Gasteiger partial charge in [-0.15, -0.1) is 0 Å². The van der Waals surface area contributed by atoms with E-state index in [0.717, 1.165) is 38.6 Å². The van der Waals surface area contributed by atoms with E-state index in [2.05, 4.69) is 58.3 Å². The highest BCUT2D eigenvalue weighted by molar-refractivity contribution is 5.79. The van der Waals surface area contributed by atoms with Crippen molar-refractivity contribution in [2.75, 3.05) is 47.4 Å². The van der Waals surface area contributed by atoms with E-state index in [0.29, 0.717) is 6.04 Å². The fraction of sp³-hybridized carbons (Fsp3) is 0.650. The second-order valence-corrected chi connectivity index (χ2v) is 6.78. The largest absolute Gasteiger partial charge is 0.383 e. The molecule has 1 fully saturated rings. The van der Waals surface area contributed by atoms with E-state index in [-0.39, 0.29) is 0 Å². The third kappa shape index (κ3) is 6.01. The summed E-state index contributed by atoms with van der Waals surface area (Å²) in [7, 11) is 5.73. The van der Waals surface area contributed by atoms with Crippen molar-refractivity contribution in [2.24, 2.45) is 4.99 Å². The van der Waals surface area contributed by atoms with Gasteiger partial charge in [0.15, 0.2) is 5.96 Å². The van der Waals surface area contributed by atoms with Crippen LogP contribution < -0.4 is 5.32 Å². The summed E-state index contributed by atoms with van der Waals surface area (Å²) in [5, 5.41) is 3.55. The molecular weight excluding hydrogens is 312 g/mol. The van der Waals surface area contributed by atoms with Crippen LogP contribution in [0.4, 0.5) is 0 Å². The van der Waals surface area contributed by atoms with Crippen molar-refractivity contribution in [3.63, 3.8) is 0 Å². The van der Waals surface area contributed by atoms with Gasteiger partial charge in [0, 0.05) is 46.9 Å². The lowest BCUT2D eigenvalue weighted by atomic mass is 10.1. The van der Waals surface area contributed by atoms with Crippen LogP contribution in [-0.4, -0.2) is 69.2 Å². The number of methoxy groups -OCH3 is 1. The topological polar surface area (TPSA) is 40.1 Å². The monoisotopic (exact) mass is 346 g/mol. The van der Waals surface area contributed by atoms with Gasteiger partial charge < -0.3 is 15.0 Å². The molecule has 0 saturated carbocycles. The van der Waals surface area contributed by atoms with Gasteiger partial charge in [-0.1, -0.05) is 31.2 Å². The second-order valence-electron chi connectivity index (χ2n) is 6.78. The Bertz CT molecular complexity index is 529. The standard InChI is InChI=1S/C20H34N4O/c1-5-17-8-10-18(11-9-17)16-23(3)20(21-2)22-15-19-7-6-12-24(19)13-14-25-4/h8-11,19H,5-7,12-16H2,1-4H3,(H,21,22). The number of guanidine groups is 1. The number of nitrogens with zero attached hydrogens (tertiary/aromatic N) is 3. The van der Waals surface area contributed by atoms with Crippen LogP contribution in [0.3, 0.4) is 0 Å². The van der Waals surface area contributed by atoms with Gasteiger partial charge in [-0.05, 0) is 36.9 Å². The fourth-order valence-corrected chi connectivity index (χ4v) is 3.45. The Morgan fingerprint density at radius 3 is 2.68 bits per heavy atom. The molecule has 0 aromatic heterocycles. The van der Waals surface area contributed by atoms with Crippen molar-refractivity contribution < 1.29 is 4.74 Å². The number of likely N-dealkylation sites (tertiary alicyclic amines) is 1. The zero-order valence-electron chi connectivity index (χ0n) is 16.3. The molecule has 0 spiro atoms. The van der Waals surface area contributed by atoms with Crippen LogP contribution in [-0.2, 0) is 17.7 Å². The first-order chi connectivity index (χ1) is 12.2. The van der Waals surface area contributed by atoms with Crippen LogP contribution in [0.1, 0.15) is 30.9 Å². The summed E-state index contributed by atoms with van der Waals surface area (Å²) in [6.45, 7) is 6.98. The van der Waals surface area contributed by atoms with E-state index in [9.17, 15) is 0 Å². The molecule has 1 saturated heterocycles. The summed E-state index contributed by atoms with van der Waals surface area (Å²) in [5.41, 5.74) is 2.69. The Kier molecular flexibility index (Phi) is 8.22. The molecule has 1 atom stereocenters. The first-order valence-corrected chi connectivity index (χ1v) is 9.40. The first-order valence-electron chi connectivity index (χ1n) is 9.40. The molecule has 1 aliphatic heterocycles. The summed E-state index contributed by atoms with van der Waals surface area (Å²) < 4.78 is 5.23. The molecule has 5 heteroatoms. The highest BCUT2D eigenvalue weighted by Gasteiger charge is 2.24. The van der Waals surface area contributed by atoms with E-state index in [1.165, 1.54) is 30.5 Å². The van der Waals surface area contributed by atoms with Crippen LogP contribution in [0.25, 0.3) is 0 Å². The highest BCUT2D eigenvalue weighted by Crippen LogP contribution is 2.16. The summed E-state index contributed by atoms with van der Waals surface area (Å²) in [6.07, 6.45) is 3.60. The maximum absolute atomic E-state index is 5.23. The smallest absolute Gasteiger partial charge is 0.193 e. The average Bonchev–Trinajstić information content (AvgIpc) is 3.08. The second kappa shape index (κ2) is 10.4. The van der Waals surface area contributed by atoms with Crippen molar-refractivity contribution in [1.82, 2.24) is 15.1 Å². The lowest BCUT2D eigenvalue weighted by molar-refractivity contribution is 0.141. The van der Waals surface area contributed by atoms with Crippen molar-refractivity contribution in [3.05, 3.63) is 35.4 Å². The van der Waals surface area contributed by atoms with Gasteiger partial charge in [0.2, 0.25) is 0 Å². The van der Waals surface area contributed by atoms with Gasteiger partial charge in [-0.25, -0.2) is 0 Å². The minimum atomic E-state index is 0.573. The van der Waals surface area contributed by atoms with Crippen molar-refractivity contribution in [3.8, 4) is 0 Å². The number of hydrogen-bond donors (Lipinski definition) is 1. The number of hydrogen-bond acceptors (Lipinski definition) is 3. The number of aryl methyl sites for hydroxylation is 1. The van der Waals surface area contributed by atoms with Gasteiger partial charge >= 0.3 is 0 Å². The van der Waals surface area contributed by atoms with E-state index >= 15 is 0 Å². The average molecular weight is 347 g/mol. The van der Waals surface area contributed by atoms with E-state index in [1.807, 2.05) is 7.05 Å². The van der Waals surface area contributed by atoms with Crippen molar-refractivity contribution in [1.29, 1.82) is 0 Å². The van der Waals surface area contributed by atoms with Gasteiger partial charge in [-0.3, -0.25) is 9.89 Å². The van der Waals surface area contributed by atoms with Gasteiger partial charge in [-0.2, -0.15) is 0 Å². The molecular formula is C20H34N4O. The lowest BCUT2D eigenvalue weighted by Gasteiger charge is -2.27. The summed E-state index contributed by atoms with van der Waals surface area (Å²) in [4.78, 5) is 9.17. The Labute approximate surface area is 153 Å². The maximum Gasteiger partial charge on any atom is 0.193 e. The molecule has 1 aromatic carbocycles. The van der Waals surface area contributed by atoms with Crippen molar-refractivity contribution >= 4 is 5.96 Å². The van der Waals surface area contributed by atoms with Gasteiger partial charge in [0.1, 0.15) is 0 Å². The predicted octanol–water partition coefficient (Wildman–Crippen LogP) is 2.37. The highest BCUT2D eigenvalue weighted by atomic mass is 16.5. The number of aliphatic imine (C=N–C) groups is 1. The minimum absolute atomic E-state index is 0.573. The Hall–Kier alpha value is -1.59. The Morgan fingerprint density at radius 2 is 2.04 bits per heavy atom. The molecule has 2 rings (SSSR count). The quantitative estimate of drug-likeness (QED) is 0.579. The minimum Gasteiger partial charge on any atom is -0.383 e. The van der Waals surface area contributed by atoms with Gasteiger partial charge in [0.25, 0.3) is 0 Å². The first kappa shape index (κ1) is 19.7. The number of ether oxygens (including phenoxy) is 1. The van der Waals surface area contributed by atoms with E-state index in [4.69, 9.17) is 4.74 Å². The van der Waals surface area contributed by atoms with Crippen LogP contribution in [0.2, 0.25) is 0 Å². The molecule has 5 nitrogen and oxygen atoms in total. The maximum atomic E-state index is 5.23. The zero-order valence-corrected chi connectivity index (χ0v) is 16.3. The molecule has 0 bridgehead atoms. The molecule has 0 aliphatic carbocycles. The molecule has 1 unspecified atom stereocenters. The zero-order chi connectivity index (χ0) is 18.1. The molecule has 1 heterocycles. The predicted molar refractivity (Wildman–Crippen MR) is 105 cm³/mol. The molecule has 0 amide bonds. The molecule has 25 heavy (non-hydrogen) atoms. The summed E-state index contributed by atoms with van der Waals surface area (Å²) in [5.74, 6) is 0.957. The van der Waals surface area contributed by atoms with E-state index < -0.39 is 0 Å². The number of rotatable bonds is 8. The number of nitrogens with one attached hydrogen (secondary N) is 1. The SMILES string of the molecule is CCc1ccc(CN(C)C(=NC)NCC2CCCN2CCOC)cc1. The Balaban J connectivity index is 1.84. The van der Waals surface area contributed by atoms with Crippen LogP contribution >= 0.6 is 0 Å². The molecule has 1 N–H and O–H groups in total. The van der Waals surface area contributed by atoms with Crippen LogP contribution in [0.15, 0.2) is 29.3 Å². The third-order valence-corrected chi connectivity index (χ3v) is 5.00. The van der Waals surface area contributed by atoms with Gasteiger partial charge in [0.05, 0.1) is 6.61 Å². The summed E-state index contributed by atoms with van der Waals surface area (Å²) >= 11 is 0. The number of benzene rings is 1. The molecule has 1 aliphatic rings. The summed E-state index contributed by atoms with van der Waals surface area (Å²) in [6, 6.07) is 9.43. The normalized spacial score (nSPS) is 18.6. The van der Waals surface area contributed by atoms with Crippen molar-refractivity contribution in [2.45, 2.75) is 38.8 Å². The molecule has 0 radical (unpaired) electrons. The lowest BCUT2D eigenvalue weighted by Crippen LogP contribution is -2.45. The molecule has 1 aromatic rings. The van der Waals surface area contributed by atoms with E-state index in [1.54, 1.807) is 7.11 Å². The third-order valence-electron chi connectivity index (χ3n) is 5.00. The van der Waals surface area contributed by atoms with Crippen LogP contribution in [0, 0.1) is 0 Å².